The molecular weight excluding hydrogens is 500 g/mol. The maximum Gasteiger partial charge on any atom is 0.408 e. The Hall–Kier alpha value is -4.08. The number of para-hydroxylation sites is 2. The van der Waals surface area contributed by atoms with Crippen LogP contribution in [-0.2, 0) is 19.1 Å². The molecule has 5 N–H and O–H groups in total. The predicted octanol–water partition coefficient (Wildman–Crippen LogP) is 4.17. The smallest absolute Gasteiger partial charge is 0.408 e. The lowest BCUT2D eigenvalue weighted by atomic mass is 9.98. The van der Waals surface area contributed by atoms with Crippen molar-refractivity contribution in [3.05, 3.63) is 59.7 Å². The van der Waals surface area contributed by atoms with Gasteiger partial charge in [-0.1, -0.05) is 43.3 Å². The van der Waals surface area contributed by atoms with Gasteiger partial charge in [-0.3, -0.25) is 14.4 Å². The molecule has 212 valence electrons. The molecule has 10 heteroatoms. The quantitative estimate of drug-likeness (QED) is 0.336. The highest BCUT2D eigenvalue weighted by Crippen LogP contribution is 2.33. The topological polar surface area (TPSA) is 151 Å². The van der Waals surface area contributed by atoms with Crippen LogP contribution in [0.15, 0.2) is 48.5 Å². The standard InChI is InChI=1S/C29H40N4O6/c1-7-19(3)33(27(37)22(16-17-24(30)35)32-28(38)39-29(4,5)6)25(20-13-9-11-15-23(20)34)26(36)31-21-14-10-8-12-18(21)2/h8-15,19,22,25,34H,7,16-17H2,1-6H3,(H2,30,35)(H,31,36)(H,32,38). The summed E-state index contributed by atoms with van der Waals surface area (Å²) in [7, 11) is 0. The number of ether oxygens (including phenoxy) is 1. The van der Waals surface area contributed by atoms with Crippen molar-refractivity contribution in [2.75, 3.05) is 5.32 Å². The summed E-state index contributed by atoms with van der Waals surface area (Å²) in [5.41, 5.74) is 6.10. The first-order chi connectivity index (χ1) is 18.2. The highest BCUT2D eigenvalue weighted by molar-refractivity contribution is 6.00. The fourth-order valence-corrected chi connectivity index (χ4v) is 4.02. The number of aryl methyl sites for hydroxylation is 1. The van der Waals surface area contributed by atoms with Crippen molar-refractivity contribution in [3.8, 4) is 5.75 Å². The van der Waals surface area contributed by atoms with Crippen LogP contribution in [0.4, 0.5) is 10.5 Å². The largest absolute Gasteiger partial charge is 0.508 e. The molecule has 3 atom stereocenters. The molecule has 2 aromatic rings. The van der Waals surface area contributed by atoms with E-state index in [2.05, 4.69) is 10.6 Å². The molecule has 0 radical (unpaired) electrons. The Morgan fingerprint density at radius 3 is 2.23 bits per heavy atom. The van der Waals surface area contributed by atoms with E-state index in [1.807, 2.05) is 26.0 Å². The minimum Gasteiger partial charge on any atom is -0.508 e. The number of benzene rings is 2. The van der Waals surface area contributed by atoms with Crippen LogP contribution in [0.5, 0.6) is 5.75 Å². The van der Waals surface area contributed by atoms with Crippen molar-refractivity contribution < 1.29 is 29.0 Å². The summed E-state index contributed by atoms with van der Waals surface area (Å²) < 4.78 is 5.34. The number of phenolic OH excluding ortho intramolecular Hbond substituents is 1. The van der Waals surface area contributed by atoms with Gasteiger partial charge < -0.3 is 31.1 Å². The SMILES string of the molecule is CCC(C)N(C(=O)C(CCC(N)=O)NC(=O)OC(C)(C)C)C(C(=O)Nc1ccccc1C)c1ccccc1O. The summed E-state index contributed by atoms with van der Waals surface area (Å²) in [5.74, 6) is -1.99. The molecule has 0 saturated heterocycles. The zero-order valence-electron chi connectivity index (χ0n) is 23.5. The lowest BCUT2D eigenvalue weighted by Crippen LogP contribution is -2.55. The highest BCUT2D eigenvalue weighted by Gasteiger charge is 2.39. The molecule has 4 amide bonds. The van der Waals surface area contributed by atoms with E-state index in [1.54, 1.807) is 58.0 Å². The monoisotopic (exact) mass is 540 g/mol. The second-order valence-corrected chi connectivity index (χ2v) is 10.5. The second-order valence-electron chi connectivity index (χ2n) is 10.5. The fraction of sp³-hybridized carbons (Fsp3) is 0.448. The summed E-state index contributed by atoms with van der Waals surface area (Å²) >= 11 is 0. The van der Waals surface area contributed by atoms with Gasteiger partial charge in [0.25, 0.3) is 5.91 Å². The minimum atomic E-state index is -1.26. The Labute approximate surface area is 229 Å². The van der Waals surface area contributed by atoms with E-state index < -0.39 is 47.5 Å². The number of aromatic hydroxyl groups is 1. The summed E-state index contributed by atoms with van der Waals surface area (Å²) in [6.45, 7) is 10.5. The molecule has 2 rings (SSSR count). The molecular formula is C29H40N4O6. The average molecular weight is 541 g/mol. The Balaban J connectivity index is 2.59. The minimum absolute atomic E-state index is 0.104. The Morgan fingerprint density at radius 1 is 1.05 bits per heavy atom. The molecule has 0 fully saturated rings. The number of nitrogens with one attached hydrogen (secondary N) is 2. The Morgan fingerprint density at radius 2 is 1.67 bits per heavy atom. The molecule has 0 spiro atoms. The van der Waals surface area contributed by atoms with Gasteiger partial charge in [-0.05, 0) is 65.2 Å². The van der Waals surface area contributed by atoms with E-state index in [0.717, 1.165) is 5.56 Å². The summed E-state index contributed by atoms with van der Waals surface area (Å²) in [6.07, 6.45) is -0.676. The molecule has 39 heavy (non-hydrogen) atoms. The average Bonchev–Trinajstić information content (AvgIpc) is 2.85. The first-order valence-corrected chi connectivity index (χ1v) is 13.0. The van der Waals surface area contributed by atoms with Gasteiger partial charge in [0.1, 0.15) is 23.4 Å². The van der Waals surface area contributed by atoms with E-state index in [0.29, 0.717) is 12.1 Å². The number of amides is 4. The number of anilines is 1. The first-order valence-electron chi connectivity index (χ1n) is 13.0. The number of hydrogen-bond acceptors (Lipinski definition) is 6. The predicted molar refractivity (Wildman–Crippen MR) is 149 cm³/mol. The lowest BCUT2D eigenvalue weighted by Gasteiger charge is -2.38. The molecule has 0 aliphatic carbocycles. The number of rotatable bonds is 11. The van der Waals surface area contributed by atoms with Gasteiger partial charge in [-0.15, -0.1) is 0 Å². The Kier molecular flexibility index (Phi) is 10.9. The van der Waals surface area contributed by atoms with E-state index in [9.17, 15) is 24.3 Å². The maximum atomic E-state index is 14.1. The zero-order valence-corrected chi connectivity index (χ0v) is 23.5. The van der Waals surface area contributed by atoms with Crippen molar-refractivity contribution >= 4 is 29.5 Å². The molecule has 0 bridgehead atoms. The third kappa shape index (κ3) is 9.01. The van der Waals surface area contributed by atoms with Crippen molar-refractivity contribution in [2.45, 2.75) is 84.5 Å². The zero-order chi connectivity index (χ0) is 29.3. The molecule has 0 saturated carbocycles. The number of nitrogens with zero attached hydrogens (tertiary/aromatic N) is 1. The summed E-state index contributed by atoms with van der Waals surface area (Å²) in [5, 5.41) is 16.2. The van der Waals surface area contributed by atoms with Crippen LogP contribution in [0, 0.1) is 6.92 Å². The molecule has 0 aromatic heterocycles. The number of carbonyl (C=O) groups excluding carboxylic acids is 4. The van der Waals surface area contributed by atoms with Crippen LogP contribution in [-0.4, -0.2) is 51.5 Å². The van der Waals surface area contributed by atoms with Crippen molar-refractivity contribution in [1.29, 1.82) is 0 Å². The van der Waals surface area contributed by atoms with Gasteiger partial charge in [0, 0.05) is 23.7 Å². The first kappa shape index (κ1) is 31.1. The van der Waals surface area contributed by atoms with Crippen LogP contribution in [0.2, 0.25) is 0 Å². The maximum absolute atomic E-state index is 14.1. The lowest BCUT2D eigenvalue weighted by molar-refractivity contribution is -0.143. The molecule has 3 unspecified atom stereocenters. The van der Waals surface area contributed by atoms with Crippen molar-refractivity contribution in [2.24, 2.45) is 5.73 Å². The number of nitrogens with two attached hydrogens (primary N) is 1. The molecule has 10 nitrogen and oxygen atoms in total. The third-order valence-corrected chi connectivity index (χ3v) is 6.15. The van der Waals surface area contributed by atoms with Gasteiger partial charge in [-0.25, -0.2) is 4.79 Å². The van der Waals surface area contributed by atoms with E-state index in [4.69, 9.17) is 10.5 Å². The molecule has 2 aromatic carbocycles. The normalized spacial score (nSPS) is 13.5. The van der Waals surface area contributed by atoms with Crippen LogP contribution in [0.1, 0.15) is 71.0 Å². The van der Waals surface area contributed by atoms with Crippen LogP contribution >= 0.6 is 0 Å². The van der Waals surface area contributed by atoms with Crippen LogP contribution in [0.3, 0.4) is 0 Å². The number of alkyl carbamates (subject to hydrolysis) is 1. The number of primary amides is 1. The Bertz CT molecular complexity index is 1180. The van der Waals surface area contributed by atoms with Crippen molar-refractivity contribution in [3.63, 3.8) is 0 Å². The molecule has 0 heterocycles. The van der Waals surface area contributed by atoms with E-state index >= 15 is 0 Å². The number of hydrogen-bond donors (Lipinski definition) is 4. The fourth-order valence-electron chi connectivity index (χ4n) is 4.02. The molecule has 0 aliphatic heterocycles. The van der Waals surface area contributed by atoms with Gasteiger partial charge in [-0.2, -0.15) is 0 Å². The number of carbonyl (C=O) groups is 4. The summed E-state index contributed by atoms with van der Waals surface area (Å²) in [4.78, 5) is 53.6. The highest BCUT2D eigenvalue weighted by atomic mass is 16.6. The van der Waals surface area contributed by atoms with Gasteiger partial charge in [0.15, 0.2) is 0 Å². The van der Waals surface area contributed by atoms with Crippen LogP contribution in [0.25, 0.3) is 0 Å². The van der Waals surface area contributed by atoms with Crippen molar-refractivity contribution in [1.82, 2.24) is 10.2 Å². The van der Waals surface area contributed by atoms with Gasteiger partial charge in [0.05, 0.1) is 0 Å². The number of phenols is 1. The van der Waals surface area contributed by atoms with E-state index in [-0.39, 0.29) is 24.2 Å². The molecule has 0 aliphatic rings. The van der Waals surface area contributed by atoms with E-state index in [1.165, 1.54) is 11.0 Å². The third-order valence-electron chi connectivity index (χ3n) is 6.15. The van der Waals surface area contributed by atoms with Crippen LogP contribution < -0.4 is 16.4 Å². The summed E-state index contributed by atoms with van der Waals surface area (Å²) in [6, 6.07) is 10.5. The second kappa shape index (κ2) is 13.6. The van der Waals surface area contributed by atoms with Gasteiger partial charge >= 0.3 is 6.09 Å². The van der Waals surface area contributed by atoms with Gasteiger partial charge in [0.2, 0.25) is 11.8 Å².